The molecule has 2 rings (SSSR count). The Labute approximate surface area is 109 Å². The number of carbonyl (C=O) groups excluding carboxylic acids is 2. The lowest BCUT2D eigenvalue weighted by Crippen LogP contribution is -2.56. The van der Waals surface area contributed by atoms with E-state index in [2.05, 4.69) is 5.32 Å². The van der Waals surface area contributed by atoms with E-state index >= 15 is 0 Å². The van der Waals surface area contributed by atoms with Crippen molar-refractivity contribution in [2.75, 3.05) is 6.54 Å². The van der Waals surface area contributed by atoms with E-state index in [0.29, 0.717) is 5.02 Å². The number of benzene rings is 1. The highest BCUT2D eigenvalue weighted by molar-refractivity contribution is 6.30. The van der Waals surface area contributed by atoms with E-state index in [1.807, 2.05) is 0 Å². The summed E-state index contributed by atoms with van der Waals surface area (Å²) in [5.41, 5.74) is 0.235. The van der Waals surface area contributed by atoms with Crippen molar-refractivity contribution < 1.29 is 14.0 Å². The molecule has 1 unspecified atom stereocenters. The molecule has 0 saturated carbocycles. The van der Waals surface area contributed by atoms with E-state index in [1.165, 1.54) is 18.2 Å². The minimum Gasteiger partial charge on any atom is -0.298 e. The third-order valence-corrected chi connectivity index (χ3v) is 3.07. The molecule has 0 aromatic heterocycles. The van der Waals surface area contributed by atoms with Gasteiger partial charge in [0.25, 0.3) is 0 Å². The van der Waals surface area contributed by atoms with Gasteiger partial charge in [-0.2, -0.15) is 0 Å². The molecule has 1 aliphatic rings. The molecule has 0 aliphatic carbocycles. The highest BCUT2D eigenvalue weighted by atomic mass is 35.5. The van der Waals surface area contributed by atoms with Gasteiger partial charge in [-0.15, -0.1) is 0 Å². The van der Waals surface area contributed by atoms with Crippen LogP contribution in [0.25, 0.3) is 0 Å². The van der Waals surface area contributed by atoms with Crippen LogP contribution in [0.3, 0.4) is 0 Å². The molecular weight excluding hydrogens is 259 g/mol. The zero-order valence-corrected chi connectivity index (χ0v) is 10.5. The van der Waals surface area contributed by atoms with Crippen molar-refractivity contribution in [2.24, 2.45) is 0 Å². The smallest absolute Gasteiger partial charge is 0.246 e. The molecule has 6 heteroatoms. The molecule has 1 heterocycles. The van der Waals surface area contributed by atoms with Crippen LogP contribution in [0.1, 0.15) is 12.5 Å². The highest BCUT2D eigenvalue weighted by Gasteiger charge is 2.31. The quantitative estimate of drug-likeness (QED) is 0.825. The second-order valence-corrected chi connectivity index (χ2v) is 4.59. The Morgan fingerprint density at radius 3 is 2.94 bits per heavy atom. The molecule has 1 aromatic carbocycles. The van der Waals surface area contributed by atoms with Crippen LogP contribution >= 0.6 is 11.6 Å². The van der Waals surface area contributed by atoms with Crippen LogP contribution < -0.4 is 5.32 Å². The van der Waals surface area contributed by atoms with Gasteiger partial charge in [-0.05, 0) is 25.1 Å². The summed E-state index contributed by atoms with van der Waals surface area (Å²) in [7, 11) is 0. The first-order chi connectivity index (χ1) is 8.49. The Bertz CT molecular complexity index is 507. The number of nitrogens with one attached hydrogen (secondary N) is 1. The van der Waals surface area contributed by atoms with Crippen LogP contribution in [0.5, 0.6) is 0 Å². The summed E-state index contributed by atoms with van der Waals surface area (Å²) in [6, 6.07) is 3.62. The maximum atomic E-state index is 13.6. The van der Waals surface area contributed by atoms with Gasteiger partial charge >= 0.3 is 0 Å². The van der Waals surface area contributed by atoms with Gasteiger partial charge in [0.15, 0.2) is 0 Å². The normalized spacial score (nSPS) is 20.4. The van der Waals surface area contributed by atoms with Crippen molar-refractivity contribution in [3.05, 3.63) is 34.6 Å². The number of halogens is 2. The molecule has 1 aromatic rings. The van der Waals surface area contributed by atoms with Crippen molar-refractivity contribution in [1.82, 2.24) is 10.2 Å². The molecular formula is C12H12ClFN2O2. The lowest BCUT2D eigenvalue weighted by molar-refractivity contribution is -0.149. The summed E-state index contributed by atoms with van der Waals surface area (Å²) in [5.74, 6) is -1.20. The molecule has 1 N–H and O–H groups in total. The molecule has 96 valence electrons. The molecule has 1 fully saturated rings. The maximum absolute atomic E-state index is 13.6. The Hall–Kier alpha value is -1.46. The second-order valence-electron chi connectivity index (χ2n) is 4.16. The van der Waals surface area contributed by atoms with Crippen molar-refractivity contribution in [3.8, 4) is 0 Å². The Kier molecular flexibility index (Phi) is 3.63. The van der Waals surface area contributed by atoms with E-state index < -0.39 is 11.9 Å². The Balaban J connectivity index is 2.24. The van der Waals surface area contributed by atoms with Crippen molar-refractivity contribution in [2.45, 2.75) is 19.5 Å². The van der Waals surface area contributed by atoms with Gasteiger partial charge in [-0.25, -0.2) is 4.39 Å². The van der Waals surface area contributed by atoms with Crippen LogP contribution in [-0.4, -0.2) is 29.3 Å². The summed E-state index contributed by atoms with van der Waals surface area (Å²) in [6.45, 7) is 1.65. The van der Waals surface area contributed by atoms with Crippen LogP contribution in [0.15, 0.2) is 18.2 Å². The van der Waals surface area contributed by atoms with E-state index in [1.54, 1.807) is 6.92 Å². The van der Waals surface area contributed by atoms with Gasteiger partial charge < -0.3 is 0 Å². The van der Waals surface area contributed by atoms with Gasteiger partial charge in [-0.3, -0.25) is 19.8 Å². The summed E-state index contributed by atoms with van der Waals surface area (Å²) in [5, 5.41) is 3.13. The lowest BCUT2D eigenvalue weighted by atomic mass is 10.1. The van der Waals surface area contributed by atoms with Crippen LogP contribution in [0, 0.1) is 5.82 Å². The van der Waals surface area contributed by atoms with Gasteiger partial charge in [0.05, 0.1) is 19.1 Å². The molecule has 1 atom stereocenters. The molecule has 0 radical (unpaired) electrons. The van der Waals surface area contributed by atoms with Gasteiger partial charge in [0, 0.05) is 10.6 Å². The topological polar surface area (TPSA) is 49.4 Å². The number of nitrogens with zero attached hydrogens (tertiary/aromatic N) is 1. The van der Waals surface area contributed by atoms with Gasteiger partial charge in [0.2, 0.25) is 11.8 Å². The second kappa shape index (κ2) is 5.04. The van der Waals surface area contributed by atoms with Crippen molar-refractivity contribution >= 4 is 23.4 Å². The molecule has 4 nitrogen and oxygen atoms in total. The third kappa shape index (κ3) is 2.52. The first-order valence-corrected chi connectivity index (χ1v) is 5.88. The SMILES string of the molecule is CC1NCC(=O)N(Cc2cc(Cl)ccc2F)C1=O. The van der Waals surface area contributed by atoms with Crippen LogP contribution in [0.2, 0.25) is 5.02 Å². The van der Waals surface area contributed by atoms with Crippen molar-refractivity contribution in [1.29, 1.82) is 0 Å². The fourth-order valence-corrected chi connectivity index (χ4v) is 1.98. The predicted octanol–water partition coefficient (Wildman–Crippen LogP) is 1.33. The summed E-state index contributed by atoms with van der Waals surface area (Å²) in [4.78, 5) is 24.5. The molecule has 0 spiro atoms. The molecule has 2 amide bonds. The zero-order valence-electron chi connectivity index (χ0n) is 9.74. The van der Waals surface area contributed by atoms with E-state index in [4.69, 9.17) is 11.6 Å². The number of imide groups is 1. The number of amides is 2. The largest absolute Gasteiger partial charge is 0.298 e. The van der Waals surface area contributed by atoms with E-state index in [-0.39, 0.29) is 30.5 Å². The summed E-state index contributed by atoms with van der Waals surface area (Å²) in [6.07, 6.45) is 0. The summed E-state index contributed by atoms with van der Waals surface area (Å²) < 4.78 is 13.6. The fourth-order valence-electron chi connectivity index (χ4n) is 1.78. The number of piperazine rings is 1. The summed E-state index contributed by atoms with van der Waals surface area (Å²) >= 11 is 5.77. The first-order valence-electron chi connectivity index (χ1n) is 5.50. The monoisotopic (exact) mass is 270 g/mol. The number of carbonyl (C=O) groups is 2. The zero-order chi connectivity index (χ0) is 13.3. The van der Waals surface area contributed by atoms with Crippen LogP contribution in [-0.2, 0) is 16.1 Å². The van der Waals surface area contributed by atoms with E-state index in [0.717, 1.165) is 4.90 Å². The molecule has 0 bridgehead atoms. The number of rotatable bonds is 2. The molecule has 1 aliphatic heterocycles. The Morgan fingerprint density at radius 2 is 2.22 bits per heavy atom. The minimum absolute atomic E-state index is 0.0785. The highest BCUT2D eigenvalue weighted by Crippen LogP contribution is 2.18. The van der Waals surface area contributed by atoms with Crippen molar-refractivity contribution in [3.63, 3.8) is 0 Å². The van der Waals surface area contributed by atoms with Gasteiger partial charge in [0.1, 0.15) is 5.82 Å². The predicted molar refractivity (Wildman–Crippen MR) is 64.4 cm³/mol. The van der Waals surface area contributed by atoms with E-state index in [9.17, 15) is 14.0 Å². The average Bonchev–Trinajstić information content (AvgIpc) is 2.34. The minimum atomic E-state index is -0.480. The number of hydrogen-bond donors (Lipinski definition) is 1. The third-order valence-electron chi connectivity index (χ3n) is 2.83. The maximum Gasteiger partial charge on any atom is 0.246 e. The lowest BCUT2D eigenvalue weighted by Gasteiger charge is -2.29. The molecule has 18 heavy (non-hydrogen) atoms. The van der Waals surface area contributed by atoms with Gasteiger partial charge in [-0.1, -0.05) is 11.6 Å². The number of hydrogen-bond acceptors (Lipinski definition) is 3. The first kappa shape index (κ1) is 13.0. The fraction of sp³-hybridized carbons (Fsp3) is 0.333. The Morgan fingerprint density at radius 1 is 1.50 bits per heavy atom. The molecule has 1 saturated heterocycles. The average molecular weight is 271 g/mol. The van der Waals surface area contributed by atoms with Crippen LogP contribution in [0.4, 0.5) is 4.39 Å². The standard InChI is InChI=1S/C12H12ClFN2O2/c1-7-12(18)16(11(17)5-15-7)6-8-4-9(13)2-3-10(8)14/h2-4,7,15H,5-6H2,1H3.